The van der Waals surface area contributed by atoms with Crippen molar-refractivity contribution in [2.24, 2.45) is 0 Å². The molecule has 1 heterocycles. The molecule has 2 aromatic rings. The first-order valence-electron chi connectivity index (χ1n) is 7.98. The quantitative estimate of drug-likeness (QED) is 0.683. The van der Waals surface area contributed by atoms with Gasteiger partial charge in [-0.2, -0.15) is 0 Å². The fourth-order valence-corrected chi connectivity index (χ4v) is 2.10. The van der Waals surface area contributed by atoms with Crippen molar-refractivity contribution in [3.63, 3.8) is 0 Å². The maximum atomic E-state index is 11.8. The number of hydrogen-bond donors (Lipinski definition) is 3. The summed E-state index contributed by atoms with van der Waals surface area (Å²) in [6, 6.07) is 12.6. The molecule has 0 aliphatic heterocycles. The fourth-order valence-electron chi connectivity index (χ4n) is 2.10. The van der Waals surface area contributed by atoms with E-state index in [1.165, 1.54) is 13.3 Å². The van der Waals surface area contributed by atoms with Crippen molar-refractivity contribution in [1.29, 1.82) is 0 Å². The molecule has 2 atom stereocenters. The highest BCUT2D eigenvalue weighted by atomic mass is 16.5. The summed E-state index contributed by atoms with van der Waals surface area (Å²) in [7, 11) is 1.52. The Bertz CT molecular complexity index is 649. The van der Waals surface area contributed by atoms with Gasteiger partial charge in [-0.15, -0.1) is 0 Å². The molecule has 7 heteroatoms. The molecule has 0 fully saturated rings. The summed E-state index contributed by atoms with van der Waals surface area (Å²) in [4.78, 5) is 15.8. The summed E-state index contributed by atoms with van der Waals surface area (Å²) in [5.74, 6) is 0.464. The van der Waals surface area contributed by atoms with Gasteiger partial charge in [0.1, 0.15) is 0 Å². The number of methoxy groups -OCH3 is 1. The van der Waals surface area contributed by atoms with Crippen molar-refractivity contribution < 1.29 is 19.4 Å². The highest BCUT2D eigenvalue weighted by Crippen LogP contribution is 2.15. The van der Waals surface area contributed by atoms with Crippen LogP contribution < -0.4 is 15.4 Å². The van der Waals surface area contributed by atoms with Crippen molar-refractivity contribution in [2.45, 2.75) is 19.1 Å². The van der Waals surface area contributed by atoms with E-state index in [1.54, 1.807) is 12.1 Å². The SMILES string of the molecule is COc1ccc(NC(=O)NC[C@@H](O)CO[C@@H](C)c2ccccc2)cn1. The fraction of sp³-hybridized carbons (Fsp3) is 0.333. The van der Waals surface area contributed by atoms with E-state index in [-0.39, 0.29) is 19.3 Å². The van der Waals surface area contributed by atoms with Crippen LogP contribution in [0.4, 0.5) is 10.5 Å². The lowest BCUT2D eigenvalue weighted by Crippen LogP contribution is -2.37. The number of aromatic nitrogens is 1. The number of anilines is 1. The molecule has 0 saturated carbocycles. The van der Waals surface area contributed by atoms with Gasteiger partial charge in [-0.1, -0.05) is 30.3 Å². The molecule has 0 radical (unpaired) electrons. The number of urea groups is 1. The largest absolute Gasteiger partial charge is 0.481 e. The van der Waals surface area contributed by atoms with Gasteiger partial charge in [0.25, 0.3) is 0 Å². The Morgan fingerprint density at radius 2 is 2.00 bits per heavy atom. The van der Waals surface area contributed by atoms with E-state index < -0.39 is 12.1 Å². The minimum atomic E-state index is -0.800. The topological polar surface area (TPSA) is 92.7 Å². The average Bonchev–Trinajstić information content (AvgIpc) is 2.65. The van der Waals surface area contributed by atoms with Crippen LogP contribution in [0.1, 0.15) is 18.6 Å². The lowest BCUT2D eigenvalue weighted by atomic mass is 10.1. The van der Waals surface area contributed by atoms with E-state index in [2.05, 4.69) is 15.6 Å². The third kappa shape index (κ3) is 6.40. The number of rotatable bonds is 8. The molecule has 2 amide bonds. The molecule has 134 valence electrons. The van der Waals surface area contributed by atoms with Gasteiger partial charge in [0, 0.05) is 12.6 Å². The predicted octanol–water partition coefficient (Wildman–Crippen LogP) is 2.35. The monoisotopic (exact) mass is 345 g/mol. The molecule has 0 bridgehead atoms. The van der Waals surface area contributed by atoms with Crippen LogP contribution in [-0.2, 0) is 4.74 Å². The number of pyridine rings is 1. The van der Waals surface area contributed by atoms with Crippen molar-refractivity contribution in [3.8, 4) is 5.88 Å². The minimum absolute atomic E-state index is 0.0803. The lowest BCUT2D eigenvalue weighted by Gasteiger charge is -2.17. The first-order chi connectivity index (χ1) is 12.1. The van der Waals surface area contributed by atoms with Gasteiger partial charge < -0.3 is 25.2 Å². The number of nitrogens with zero attached hydrogens (tertiary/aromatic N) is 1. The zero-order valence-electron chi connectivity index (χ0n) is 14.3. The van der Waals surface area contributed by atoms with Crippen LogP contribution in [0.5, 0.6) is 5.88 Å². The minimum Gasteiger partial charge on any atom is -0.481 e. The maximum absolute atomic E-state index is 11.8. The molecule has 0 saturated heterocycles. The average molecular weight is 345 g/mol. The third-order valence-corrected chi connectivity index (χ3v) is 3.51. The highest BCUT2D eigenvalue weighted by molar-refractivity contribution is 5.89. The van der Waals surface area contributed by atoms with Gasteiger partial charge in [-0.3, -0.25) is 0 Å². The molecular formula is C18H23N3O4. The first-order valence-corrected chi connectivity index (χ1v) is 7.98. The van der Waals surface area contributed by atoms with Gasteiger partial charge >= 0.3 is 6.03 Å². The van der Waals surface area contributed by atoms with Gasteiger partial charge in [-0.05, 0) is 18.6 Å². The van der Waals surface area contributed by atoms with Gasteiger partial charge in [0.05, 0.1) is 37.8 Å². The molecule has 25 heavy (non-hydrogen) atoms. The van der Waals surface area contributed by atoms with Crippen LogP contribution >= 0.6 is 0 Å². The summed E-state index contributed by atoms with van der Waals surface area (Å²) in [5, 5.41) is 15.1. The number of aliphatic hydroxyl groups is 1. The van der Waals surface area contributed by atoms with E-state index in [4.69, 9.17) is 9.47 Å². The first kappa shape index (κ1) is 18.7. The van der Waals surface area contributed by atoms with E-state index in [1.807, 2.05) is 37.3 Å². The summed E-state index contributed by atoms with van der Waals surface area (Å²) >= 11 is 0. The molecule has 0 aliphatic rings. The second kappa shape index (κ2) is 9.61. The van der Waals surface area contributed by atoms with Crippen LogP contribution in [0.15, 0.2) is 48.7 Å². The molecule has 7 nitrogen and oxygen atoms in total. The van der Waals surface area contributed by atoms with Gasteiger partial charge in [0.15, 0.2) is 0 Å². The third-order valence-electron chi connectivity index (χ3n) is 3.51. The highest BCUT2D eigenvalue weighted by Gasteiger charge is 2.11. The predicted molar refractivity (Wildman–Crippen MR) is 94.6 cm³/mol. The van der Waals surface area contributed by atoms with Gasteiger partial charge in [0.2, 0.25) is 5.88 Å². The zero-order chi connectivity index (χ0) is 18.1. The molecule has 1 aromatic heterocycles. The number of amides is 2. The summed E-state index contributed by atoms with van der Waals surface area (Å²) in [5.41, 5.74) is 1.56. The summed E-state index contributed by atoms with van der Waals surface area (Å²) in [6.45, 7) is 2.12. The second-order valence-electron chi connectivity index (χ2n) is 5.46. The van der Waals surface area contributed by atoms with E-state index in [0.717, 1.165) is 5.56 Å². The Hall–Kier alpha value is -2.64. The number of carbonyl (C=O) groups excluding carboxylic acids is 1. The molecule has 0 spiro atoms. The Morgan fingerprint density at radius 3 is 2.64 bits per heavy atom. The van der Waals surface area contributed by atoms with Crippen LogP contribution in [0.25, 0.3) is 0 Å². The lowest BCUT2D eigenvalue weighted by molar-refractivity contribution is -0.000953. The van der Waals surface area contributed by atoms with Gasteiger partial charge in [-0.25, -0.2) is 9.78 Å². The van der Waals surface area contributed by atoms with E-state index in [0.29, 0.717) is 11.6 Å². The number of nitrogens with one attached hydrogen (secondary N) is 2. The van der Waals surface area contributed by atoms with Crippen molar-refractivity contribution in [1.82, 2.24) is 10.3 Å². The Labute approximate surface area is 147 Å². The molecule has 3 N–H and O–H groups in total. The number of hydrogen-bond acceptors (Lipinski definition) is 5. The van der Waals surface area contributed by atoms with Crippen molar-refractivity contribution in [2.75, 3.05) is 25.6 Å². The summed E-state index contributed by atoms with van der Waals surface area (Å²) < 4.78 is 10.6. The van der Waals surface area contributed by atoms with Crippen LogP contribution in [0.2, 0.25) is 0 Å². The van der Waals surface area contributed by atoms with Crippen LogP contribution in [-0.4, -0.2) is 42.5 Å². The van der Waals surface area contributed by atoms with Crippen LogP contribution in [0.3, 0.4) is 0 Å². The summed E-state index contributed by atoms with van der Waals surface area (Å²) in [6.07, 6.45) is 0.556. The van der Waals surface area contributed by atoms with Crippen molar-refractivity contribution >= 4 is 11.7 Å². The maximum Gasteiger partial charge on any atom is 0.319 e. The Balaban J connectivity index is 1.68. The molecule has 1 aromatic carbocycles. The number of carbonyl (C=O) groups is 1. The smallest absolute Gasteiger partial charge is 0.319 e. The van der Waals surface area contributed by atoms with Crippen molar-refractivity contribution in [3.05, 3.63) is 54.2 Å². The molecule has 2 rings (SSSR count). The second-order valence-corrected chi connectivity index (χ2v) is 5.46. The molecular weight excluding hydrogens is 322 g/mol. The number of aliphatic hydroxyl groups excluding tert-OH is 1. The van der Waals surface area contributed by atoms with E-state index >= 15 is 0 Å². The number of ether oxygens (including phenoxy) is 2. The standard InChI is InChI=1S/C18H23N3O4/c1-13(14-6-4-3-5-7-14)25-12-16(22)11-20-18(23)21-15-8-9-17(24-2)19-10-15/h3-10,13,16,22H,11-12H2,1-2H3,(H2,20,21,23)/t13-,16+/m0/s1. The normalized spacial score (nSPS) is 12.9. The van der Waals surface area contributed by atoms with Crippen LogP contribution in [0, 0.1) is 0 Å². The molecule has 0 aliphatic carbocycles. The molecule has 0 unspecified atom stereocenters. The number of benzene rings is 1. The Kier molecular flexibility index (Phi) is 7.18. The Morgan fingerprint density at radius 1 is 1.24 bits per heavy atom. The zero-order valence-corrected chi connectivity index (χ0v) is 14.3. The van der Waals surface area contributed by atoms with E-state index in [9.17, 15) is 9.90 Å².